The van der Waals surface area contributed by atoms with Crippen molar-refractivity contribution in [3.8, 4) is 0 Å². The fourth-order valence-corrected chi connectivity index (χ4v) is 2.30. The van der Waals surface area contributed by atoms with E-state index in [0.717, 1.165) is 51.3 Å². The molecule has 0 saturated carbocycles. The molecule has 2 aliphatic rings. The number of nitrogens with zero attached hydrogens (tertiary/aromatic N) is 2. The molecule has 3 heterocycles. The van der Waals surface area contributed by atoms with E-state index < -0.39 is 0 Å². The Labute approximate surface area is 100 Å². The summed E-state index contributed by atoms with van der Waals surface area (Å²) in [4.78, 5) is 4.44. The van der Waals surface area contributed by atoms with Gasteiger partial charge in [-0.15, -0.1) is 5.10 Å². The second kappa shape index (κ2) is 5.01. The molecule has 0 spiro atoms. The molecular formula is C11H18N4O2. The molecule has 0 aliphatic carbocycles. The molecule has 1 aromatic rings. The van der Waals surface area contributed by atoms with Gasteiger partial charge in [-0.1, -0.05) is 0 Å². The molecule has 0 unspecified atom stereocenters. The van der Waals surface area contributed by atoms with Crippen LogP contribution in [0.5, 0.6) is 0 Å². The number of ether oxygens (including phenoxy) is 2. The first kappa shape index (κ1) is 11.0. The topological polar surface area (TPSA) is 72.1 Å². The molecule has 1 atom stereocenters. The largest absolute Gasteiger partial charge is 0.381 e. The van der Waals surface area contributed by atoms with Gasteiger partial charge in [-0.05, 0) is 25.7 Å². The zero-order valence-electron chi connectivity index (χ0n) is 9.82. The number of nitrogens with one attached hydrogen (secondary N) is 2. The molecule has 3 rings (SSSR count). The summed E-state index contributed by atoms with van der Waals surface area (Å²) in [6, 6.07) is 0.428. The number of hydrogen-bond donors (Lipinski definition) is 2. The van der Waals surface area contributed by atoms with Gasteiger partial charge in [-0.2, -0.15) is 4.98 Å². The minimum Gasteiger partial charge on any atom is -0.381 e. The van der Waals surface area contributed by atoms with Crippen LogP contribution in [0.2, 0.25) is 0 Å². The van der Waals surface area contributed by atoms with Crippen LogP contribution in [0.4, 0.5) is 5.95 Å². The molecule has 1 aromatic heterocycles. The maximum atomic E-state index is 5.56. The zero-order chi connectivity index (χ0) is 11.5. The van der Waals surface area contributed by atoms with Crippen LogP contribution >= 0.6 is 0 Å². The SMILES string of the molecule is C1CO[C@H](c2nc(NC3CCOCC3)n[nH]2)C1. The van der Waals surface area contributed by atoms with E-state index in [4.69, 9.17) is 9.47 Å². The first-order valence-electron chi connectivity index (χ1n) is 6.30. The predicted octanol–water partition coefficient (Wildman–Crippen LogP) is 1.25. The lowest BCUT2D eigenvalue weighted by atomic mass is 10.1. The molecule has 0 aromatic carbocycles. The summed E-state index contributed by atoms with van der Waals surface area (Å²) in [7, 11) is 0. The first-order chi connectivity index (χ1) is 8.42. The van der Waals surface area contributed by atoms with Gasteiger partial charge in [-0.3, -0.25) is 5.10 Å². The highest BCUT2D eigenvalue weighted by Crippen LogP contribution is 2.26. The summed E-state index contributed by atoms with van der Waals surface area (Å²) in [5.41, 5.74) is 0. The molecule has 2 aliphatic heterocycles. The van der Waals surface area contributed by atoms with E-state index in [0.29, 0.717) is 12.0 Å². The van der Waals surface area contributed by atoms with Gasteiger partial charge in [0.25, 0.3) is 0 Å². The molecule has 2 N–H and O–H groups in total. The molecule has 6 nitrogen and oxygen atoms in total. The summed E-state index contributed by atoms with van der Waals surface area (Å²) < 4.78 is 10.9. The first-order valence-corrected chi connectivity index (χ1v) is 6.30. The fraction of sp³-hybridized carbons (Fsp3) is 0.818. The number of H-pyrrole nitrogens is 1. The summed E-state index contributed by atoms with van der Waals surface area (Å²) >= 11 is 0. The highest BCUT2D eigenvalue weighted by Gasteiger charge is 2.22. The van der Waals surface area contributed by atoms with Gasteiger partial charge in [0.15, 0.2) is 5.82 Å². The second-order valence-corrected chi connectivity index (χ2v) is 4.58. The Bertz CT molecular complexity index is 356. The van der Waals surface area contributed by atoms with Crippen LogP contribution < -0.4 is 5.32 Å². The van der Waals surface area contributed by atoms with Crippen molar-refractivity contribution in [1.82, 2.24) is 15.2 Å². The van der Waals surface area contributed by atoms with Crippen molar-refractivity contribution in [2.24, 2.45) is 0 Å². The third-order valence-corrected chi connectivity index (χ3v) is 3.29. The fourth-order valence-electron chi connectivity index (χ4n) is 2.30. The number of hydrogen-bond acceptors (Lipinski definition) is 5. The minimum absolute atomic E-state index is 0.104. The monoisotopic (exact) mass is 238 g/mol. The molecule has 0 amide bonds. The summed E-state index contributed by atoms with van der Waals surface area (Å²) in [6.07, 6.45) is 4.28. The Kier molecular flexibility index (Phi) is 3.24. The van der Waals surface area contributed by atoms with Crippen molar-refractivity contribution in [2.45, 2.75) is 37.8 Å². The van der Waals surface area contributed by atoms with Crippen LogP contribution in [-0.4, -0.2) is 41.0 Å². The van der Waals surface area contributed by atoms with Crippen molar-refractivity contribution >= 4 is 5.95 Å². The van der Waals surface area contributed by atoms with E-state index in [-0.39, 0.29) is 6.10 Å². The lowest BCUT2D eigenvalue weighted by Gasteiger charge is -2.22. The Morgan fingerprint density at radius 3 is 2.82 bits per heavy atom. The predicted molar refractivity (Wildman–Crippen MR) is 61.8 cm³/mol. The smallest absolute Gasteiger partial charge is 0.242 e. The van der Waals surface area contributed by atoms with Gasteiger partial charge in [0, 0.05) is 25.9 Å². The lowest BCUT2D eigenvalue weighted by Crippen LogP contribution is -2.28. The second-order valence-electron chi connectivity index (χ2n) is 4.58. The maximum absolute atomic E-state index is 5.56. The third-order valence-electron chi connectivity index (χ3n) is 3.29. The average molecular weight is 238 g/mol. The molecule has 2 saturated heterocycles. The van der Waals surface area contributed by atoms with Gasteiger partial charge >= 0.3 is 0 Å². The van der Waals surface area contributed by atoms with Crippen molar-refractivity contribution < 1.29 is 9.47 Å². The van der Waals surface area contributed by atoms with Gasteiger partial charge in [-0.25, -0.2) is 0 Å². The number of aromatic nitrogens is 3. The van der Waals surface area contributed by atoms with E-state index in [9.17, 15) is 0 Å². The van der Waals surface area contributed by atoms with Crippen LogP contribution in [0.25, 0.3) is 0 Å². The number of aromatic amines is 1. The summed E-state index contributed by atoms with van der Waals surface area (Å²) in [5.74, 6) is 1.53. The van der Waals surface area contributed by atoms with Crippen molar-refractivity contribution in [3.63, 3.8) is 0 Å². The van der Waals surface area contributed by atoms with E-state index >= 15 is 0 Å². The van der Waals surface area contributed by atoms with Crippen molar-refractivity contribution in [1.29, 1.82) is 0 Å². The number of rotatable bonds is 3. The maximum Gasteiger partial charge on any atom is 0.242 e. The van der Waals surface area contributed by atoms with Gasteiger partial charge < -0.3 is 14.8 Å². The molecule has 94 valence electrons. The minimum atomic E-state index is 0.104. The van der Waals surface area contributed by atoms with Crippen LogP contribution in [0.3, 0.4) is 0 Å². The van der Waals surface area contributed by atoms with Crippen molar-refractivity contribution in [3.05, 3.63) is 5.82 Å². The summed E-state index contributed by atoms with van der Waals surface area (Å²) in [5, 5.41) is 10.5. The van der Waals surface area contributed by atoms with Crippen LogP contribution in [-0.2, 0) is 9.47 Å². The van der Waals surface area contributed by atoms with Crippen LogP contribution in [0, 0.1) is 0 Å². The molecule has 2 fully saturated rings. The van der Waals surface area contributed by atoms with E-state index in [2.05, 4.69) is 20.5 Å². The highest BCUT2D eigenvalue weighted by atomic mass is 16.5. The molecular weight excluding hydrogens is 220 g/mol. The Hall–Kier alpha value is -1.14. The van der Waals surface area contributed by atoms with Gasteiger partial charge in [0.2, 0.25) is 5.95 Å². The standard InChI is InChI=1S/C11H18N4O2/c1-2-9(17-5-1)10-13-11(15-14-10)12-8-3-6-16-7-4-8/h8-9H,1-7H2,(H2,12,13,14,15)/t9-/m0/s1. The molecule has 17 heavy (non-hydrogen) atoms. The molecule has 0 radical (unpaired) electrons. The lowest BCUT2D eigenvalue weighted by molar-refractivity contribution is 0.0902. The molecule has 6 heteroatoms. The van der Waals surface area contributed by atoms with Crippen molar-refractivity contribution in [2.75, 3.05) is 25.1 Å². The van der Waals surface area contributed by atoms with E-state index in [1.807, 2.05) is 0 Å². The Morgan fingerprint density at radius 1 is 1.18 bits per heavy atom. The van der Waals surface area contributed by atoms with Gasteiger partial charge in [0.05, 0.1) is 0 Å². The zero-order valence-corrected chi connectivity index (χ0v) is 9.82. The van der Waals surface area contributed by atoms with E-state index in [1.54, 1.807) is 0 Å². The Balaban J connectivity index is 1.59. The quantitative estimate of drug-likeness (QED) is 0.829. The average Bonchev–Trinajstić information content (AvgIpc) is 3.00. The normalized spacial score (nSPS) is 26.2. The number of anilines is 1. The molecule has 0 bridgehead atoms. The summed E-state index contributed by atoms with van der Waals surface area (Å²) in [6.45, 7) is 2.47. The van der Waals surface area contributed by atoms with Gasteiger partial charge in [0.1, 0.15) is 6.10 Å². The van der Waals surface area contributed by atoms with Crippen LogP contribution in [0.15, 0.2) is 0 Å². The third kappa shape index (κ3) is 2.58. The highest BCUT2D eigenvalue weighted by molar-refractivity contribution is 5.25. The Morgan fingerprint density at radius 2 is 2.06 bits per heavy atom. The van der Waals surface area contributed by atoms with E-state index in [1.165, 1.54) is 0 Å². The van der Waals surface area contributed by atoms with Crippen LogP contribution in [0.1, 0.15) is 37.6 Å².